The van der Waals surface area contributed by atoms with E-state index in [0.717, 1.165) is 21.9 Å². The van der Waals surface area contributed by atoms with Gasteiger partial charge in [0.05, 0.1) is 5.51 Å². The van der Waals surface area contributed by atoms with Gasteiger partial charge in [-0.15, -0.1) is 21.5 Å². The largest absolute Gasteiger partial charge is 0.434 e. The standard InChI is InChI=1S/C11H11F3N4OS2/c1-5(2)3-6-17-18-10(21-6)16-9(19)7-8(11(12,13)14)15-4-20-7/h4-5H,3H2,1-2H3,(H,16,18,19). The fourth-order valence-corrected chi connectivity index (χ4v) is 3.15. The van der Waals surface area contributed by atoms with Crippen LogP contribution in [0, 0.1) is 5.92 Å². The number of nitrogens with zero attached hydrogens (tertiary/aromatic N) is 3. The molecule has 0 saturated carbocycles. The van der Waals surface area contributed by atoms with Gasteiger partial charge in [0.15, 0.2) is 5.69 Å². The van der Waals surface area contributed by atoms with Crippen LogP contribution in [0.5, 0.6) is 0 Å². The molecule has 114 valence electrons. The summed E-state index contributed by atoms with van der Waals surface area (Å²) in [6, 6.07) is 0. The summed E-state index contributed by atoms with van der Waals surface area (Å²) in [5.41, 5.74) is -0.195. The fourth-order valence-electron chi connectivity index (χ4n) is 1.50. The lowest BCUT2D eigenvalue weighted by Gasteiger charge is -2.05. The molecule has 0 aliphatic rings. The number of aromatic nitrogens is 3. The number of hydrogen-bond acceptors (Lipinski definition) is 6. The molecule has 2 heterocycles. The van der Waals surface area contributed by atoms with Crippen LogP contribution >= 0.6 is 22.7 Å². The fraction of sp³-hybridized carbons (Fsp3) is 0.455. The highest BCUT2D eigenvalue weighted by Gasteiger charge is 2.38. The molecule has 21 heavy (non-hydrogen) atoms. The minimum Gasteiger partial charge on any atom is -0.296 e. The predicted octanol–water partition coefficient (Wildman–Crippen LogP) is 3.46. The maximum Gasteiger partial charge on any atom is 0.434 e. The van der Waals surface area contributed by atoms with Gasteiger partial charge in [0.25, 0.3) is 5.91 Å². The van der Waals surface area contributed by atoms with Crippen LogP contribution < -0.4 is 5.32 Å². The Bertz CT molecular complexity index is 635. The van der Waals surface area contributed by atoms with Gasteiger partial charge >= 0.3 is 6.18 Å². The summed E-state index contributed by atoms with van der Waals surface area (Å²) in [5.74, 6) is -0.503. The minimum absolute atomic E-state index is 0.178. The number of alkyl halides is 3. The minimum atomic E-state index is -4.66. The highest BCUT2D eigenvalue weighted by molar-refractivity contribution is 7.15. The number of halogens is 3. The Morgan fingerprint density at radius 3 is 2.71 bits per heavy atom. The van der Waals surface area contributed by atoms with E-state index in [1.54, 1.807) is 0 Å². The molecule has 2 aromatic heterocycles. The summed E-state index contributed by atoms with van der Waals surface area (Å²) >= 11 is 1.78. The van der Waals surface area contributed by atoms with E-state index in [0.29, 0.717) is 23.7 Å². The molecule has 5 nitrogen and oxygen atoms in total. The summed E-state index contributed by atoms with van der Waals surface area (Å²) < 4.78 is 38.0. The van der Waals surface area contributed by atoms with Crippen molar-refractivity contribution in [1.82, 2.24) is 15.2 Å². The zero-order valence-corrected chi connectivity index (χ0v) is 12.7. The molecule has 0 radical (unpaired) electrons. The average molecular weight is 336 g/mol. The van der Waals surface area contributed by atoms with Gasteiger partial charge < -0.3 is 0 Å². The van der Waals surface area contributed by atoms with Crippen molar-refractivity contribution in [2.75, 3.05) is 5.32 Å². The van der Waals surface area contributed by atoms with Crippen LogP contribution in [-0.4, -0.2) is 21.1 Å². The third kappa shape index (κ3) is 3.97. The first-order chi connectivity index (χ1) is 9.77. The van der Waals surface area contributed by atoms with Gasteiger partial charge in [-0.1, -0.05) is 25.2 Å². The monoisotopic (exact) mass is 336 g/mol. The van der Waals surface area contributed by atoms with Crippen LogP contribution in [0.4, 0.5) is 18.3 Å². The van der Waals surface area contributed by atoms with E-state index in [-0.39, 0.29) is 5.13 Å². The van der Waals surface area contributed by atoms with Crippen molar-refractivity contribution in [1.29, 1.82) is 0 Å². The van der Waals surface area contributed by atoms with Gasteiger partial charge in [0.1, 0.15) is 9.88 Å². The second-order valence-electron chi connectivity index (χ2n) is 4.58. The molecule has 0 atom stereocenters. The van der Waals surface area contributed by atoms with Crippen molar-refractivity contribution >= 4 is 33.7 Å². The lowest BCUT2D eigenvalue weighted by molar-refractivity contribution is -0.141. The number of carbonyl (C=O) groups excluding carboxylic acids is 1. The Balaban J connectivity index is 2.12. The highest BCUT2D eigenvalue weighted by atomic mass is 32.1. The second-order valence-corrected chi connectivity index (χ2v) is 6.50. The smallest absolute Gasteiger partial charge is 0.296 e. The van der Waals surface area contributed by atoms with E-state index in [9.17, 15) is 18.0 Å². The Morgan fingerprint density at radius 1 is 1.38 bits per heavy atom. The number of rotatable bonds is 4. The molecule has 0 aliphatic carbocycles. The Labute approximate surface area is 126 Å². The number of thiazole rings is 1. The molecule has 2 rings (SSSR count). The van der Waals surface area contributed by atoms with E-state index in [4.69, 9.17) is 0 Å². The van der Waals surface area contributed by atoms with Crippen LogP contribution in [0.25, 0.3) is 0 Å². The zero-order chi connectivity index (χ0) is 15.6. The molecule has 0 aromatic carbocycles. The van der Waals surface area contributed by atoms with Crippen LogP contribution in [-0.2, 0) is 12.6 Å². The normalized spacial score (nSPS) is 11.9. The molecule has 1 amide bonds. The van der Waals surface area contributed by atoms with Gasteiger partial charge in [-0.2, -0.15) is 13.2 Å². The van der Waals surface area contributed by atoms with Gasteiger partial charge in [0, 0.05) is 6.42 Å². The summed E-state index contributed by atoms with van der Waals surface area (Å²) in [7, 11) is 0. The summed E-state index contributed by atoms with van der Waals surface area (Å²) in [6.07, 6.45) is -3.96. The van der Waals surface area contributed by atoms with Gasteiger partial charge in [-0.05, 0) is 5.92 Å². The lowest BCUT2D eigenvalue weighted by Crippen LogP contribution is -2.17. The zero-order valence-electron chi connectivity index (χ0n) is 11.1. The van der Waals surface area contributed by atoms with Gasteiger partial charge in [0.2, 0.25) is 5.13 Å². The second kappa shape index (κ2) is 6.06. The number of carbonyl (C=O) groups is 1. The molecule has 0 unspecified atom stereocenters. The first-order valence-electron chi connectivity index (χ1n) is 5.91. The quantitative estimate of drug-likeness (QED) is 0.928. The lowest BCUT2D eigenvalue weighted by atomic mass is 10.1. The molecule has 10 heteroatoms. The van der Waals surface area contributed by atoms with Crippen LogP contribution in [0.15, 0.2) is 5.51 Å². The SMILES string of the molecule is CC(C)Cc1nnc(NC(=O)c2scnc2C(F)(F)F)s1. The average Bonchev–Trinajstić information content (AvgIpc) is 2.96. The molecular formula is C11H11F3N4OS2. The summed E-state index contributed by atoms with van der Waals surface area (Å²) in [6.45, 7) is 4.01. The number of anilines is 1. The van der Waals surface area contributed by atoms with Crippen molar-refractivity contribution in [2.45, 2.75) is 26.4 Å². The first kappa shape index (κ1) is 15.8. The van der Waals surface area contributed by atoms with E-state index >= 15 is 0 Å². The Hall–Kier alpha value is -1.55. The van der Waals surface area contributed by atoms with E-state index in [1.807, 2.05) is 13.8 Å². The summed E-state index contributed by atoms with van der Waals surface area (Å²) in [5, 5.41) is 10.9. The third-order valence-corrected chi connectivity index (χ3v) is 4.00. The van der Waals surface area contributed by atoms with Gasteiger partial charge in [-0.25, -0.2) is 4.98 Å². The topological polar surface area (TPSA) is 67.8 Å². The van der Waals surface area contributed by atoms with Crippen molar-refractivity contribution < 1.29 is 18.0 Å². The van der Waals surface area contributed by atoms with Crippen LogP contribution in [0.1, 0.15) is 34.2 Å². The number of hydrogen-bond donors (Lipinski definition) is 1. The van der Waals surface area contributed by atoms with E-state index in [2.05, 4.69) is 20.5 Å². The molecule has 0 saturated heterocycles. The van der Waals surface area contributed by atoms with E-state index < -0.39 is 22.7 Å². The highest BCUT2D eigenvalue weighted by Crippen LogP contribution is 2.33. The number of nitrogens with one attached hydrogen (secondary N) is 1. The van der Waals surface area contributed by atoms with Crippen molar-refractivity contribution in [3.8, 4) is 0 Å². The molecule has 0 fully saturated rings. The van der Waals surface area contributed by atoms with E-state index in [1.165, 1.54) is 0 Å². The predicted molar refractivity (Wildman–Crippen MR) is 73.5 cm³/mol. The number of amides is 1. The first-order valence-corrected chi connectivity index (χ1v) is 7.61. The molecular weight excluding hydrogens is 325 g/mol. The Kier molecular flexibility index (Phi) is 4.57. The third-order valence-electron chi connectivity index (χ3n) is 2.31. The maximum absolute atomic E-state index is 12.7. The molecule has 0 aliphatic heterocycles. The molecule has 2 aromatic rings. The van der Waals surface area contributed by atoms with Gasteiger partial charge in [-0.3, -0.25) is 10.1 Å². The van der Waals surface area contributed by atoms with Crippen LogP contribution in [0.3, 0.4) is 0 Å². The van der Waals surface area contributed by atoms with Crippen molar-refractivity contribution in [2.24, 2.45) is 5.92 Å². The van der Waals surface area contributed by atoms with Crippen molar-refractivity contribution in [3.63, 3.8) is 0 Å². The van der Waals surface area contributed by atoms with Crippen LogP contribution in [0.2, 0.25) is 0 Å². The van der Waals surface area contributed by atoms with Crippen molar-refractivity contribution in [3.05, 3.63) is 21.1 Å². The Morgan fingerprint density at radius 2 is 2.10 bits per heavy atom. The summed E-state index contributed by atoms with van der Waals surface area (Å²) in [4.78, 5) is 14.6. The molecule has 0 spiro atoms. The molecule has 1 N–H and O–H groups in total. The molecule has 0 bridgehead atoms. The maximum atomic E-state index is 12.7.